The predicted octanol–water partition coefficient (Wildman–Crippen LogP) is 3.65. The number of hydrogen-bond acceptors (Lipinski definition) is 6. The maximum absolute atomic E-state index is 12.6. The Balaban J connectivity index is 2.20. The van der Waals surface area contributed by atoms with Crippen molar-refractivity contribution in [2.75, 3.05) is 11.1 Å². The molecule has 0 aliphatic rings. The summed E-state index contributed by atoms with van der Waals surface area (Å²) in [5.41, 5.74) is 7.92. The second-order valence-corrected chi connectivity index (χ2v) is 7.32. The van der Waals surface area contributed by atoms with Crippen LogP contribution < -0.4 is 11.1 Å². The van der Waals surface area contributed by atoms with Gasteiger partial charge in [0.25, 0.3) is 0 Å². The molecule has 26 heavy (non-hydrogen) atoms. The van der Waals surface area contributed by atoms with E-state index in [2.05, 4.69) is 24.1 Å². The van der Waals surface area contributed by atoms with E-state index in [1.807, 2.05) is 36.4 Å². The first kappa shape index (κ1) is 19.3. The van der Waals surface area contributed by atoms with Gasteiger partial charge in [0.15, 0.2) is 0 Å². The molecule has 1 heterocycles. The van der Waals surface area contributed by atoms with Gasteiger partial charge in [0, 0.05) is 5.69 Å². The van der Waals surface area contributed by atoms with Gasteiger partial charge in [-0.3, -0.25) is 4.79 Å². The van der Waals surface area contributed by atoms with Crippen LogP contribution in [0.3, 0.4) is 0 Å². The van der Waals surface area contributed by atoms with Gasteiger partial charge in [0.1, 0.15) is 23.0 Å². The zero-order chi connectivity index (χ0) is 19.3. The first-order valence-electron chi connectivity index (χ1n) is 8.04. The first-order valence-corrected chi connectivity index (χ1v) is 8.92. The normalized spacial score (nSPS) is 11.5. The van der Waals surface area contributed by atoms with E-state index in [1.54, 1.807) is 6.92 Å². The SMILES string of the molecule is CC(C)c1ccccc1NC(=O)[C@@H](C)Sc1nc(N)c(C#N)cc1C#N. The average Bonchev–Trinajstić information content (AvgIpc) is 2.62. The first-order chi connectivity index (χ1) is 12.4. The van der Waals surface area contributed by atoms with Crippen LogP contribution in [0, 0.1) is 22.7 Å². The van der Waals surface area contributed by atoms with Crippen LogP contribution >= 0.6 is 11.8 Å². The highest BCUT2D eigenvalue weighted by molar-refractivity contribution is 8.00. The van der Waals surface area contributed by atoms with Crippen LogP contribution in [0.2, 0.25) is 0 Å². The average molecular weight is 365 g/mol. The van der Waals surface area contributed by atoms with Gasteiger partial charge < -0.3 is 11.1 Å². The van der Waals surface area contributed by atoms with Gasteiger partial charge in [-0.15, -0.1) is 0 Å². The maximum atomic E-state index is 12.6. The van der Waals surface area contributed by atoms with E-state index in [-0.39, 0.29) is 28.8 Å². The number of rotatable bonds is 5. The van der Waals surface area contributed by atoms with Crippen molar-refractivity contribution in [1.82, 2.24) is 4.98 Å². The van der Waals surface area contributed by atoms with Crippen molar-refractivity contribution >= 4 is 29.2 Å². The van der Waals surface area contributed by atoms with Crippen LogP contribution in [0.15, 0.2) is 35.4 Å². The second kappa shape index (κ2) is 8.37. The number of thioether (sulfide) groups is 1. The number of para-hydroxylation sites is 1. The van der Waals surface area contributed by atoms with Gasteiger partial charge in [-0.2, -0.15) is 10.5 Å². The summed E-state index contributed by atoms with van der Waals surface area (Å²) >= 11 is 1.13. The Morgan fingerprint density at radius 3 is 2.46 bits per heavy atom. The molecule has 0 spiro atoms. The smallest absolute Gasteiger partial charge is 0.237 e. The van der Waals surface area contributed by atoms with Crippen LogP contribution in [0.4, 0.5) is 11.5 Å². The van der Waals surface area contributed by atoms with Crippen LogP contribution in [-0.4, -0.2) is 16.1 Å². The molecule has 0 fully saturated rings. The van der Waals surface area contributed by atoms with Crippen molar-refractivity contribution < 1.29 is 4.79 Å². The van der Waals surface area contributed by atoms with Crippen LogP contribution in [0.1, 0.15) is 43.4 Å². The number of aromatic nitrogens is 1. The molecule has 1 aromatic heterocycles. The fraction of sp³-hybridized carbons (Fsp3) is 0.263. The lowest BCUT2D eigenvalue weighted by Crippen LogP contribution is -2.23. The molecule has 6 nitrogen and oxygen atoms in total. The largest absolute Gasteiger partial charge is 0.383 e. The molecular formula is C19H19N5OS. The number of carbonyl (C=O) groups is 1. The Labute approximate surface area is 157 Å². The van der Waals surface area contributed by atoms with Crippen molar-refractivity contribution in [3.8, 4) is 12.1 Å². The van der Waals surface area contributed by atoms with Crippen molar-refractivity contribution in [1.29, 1.82) is 10.5 Å². The van der Waals surface area contributed by atoms with Crippen LogP contribution in [0.5, 0.6) is 0 Å². The quantitative estimate of drug-likeness (QED) is 0.781. The monoisotopic (exact) mass is 365 g/mol. The van der Waals surface area contributed by atoms with E-state index < -0.39 is 5.25 Å². The number of amides is 1. The summed E-state index contributed by atoms with van der Waals surface area (Å²) in [5, 5.41) is 21.0. The van der Waals surface area contributed by atoms with Gasteiger partial charge >= 0.3 is 0 Å². The van der Waals surface area contributed by atoms with Crippen molar-refractivity contribution in [2.24, 2.45) is 0 Å². The maximum Gasteiger partial charge on any atom is 0.237 e. The minimum absolute atomic E-state index is 0.0479. The van der Waals surface area contributed by atoms with Crippen molar-refractivity contribution in [3.63, 3.8) is 0 Å². The molecule has 1 amide bonds. The predicted molar refractivity (Wildman–Crippen MR) is 103 cm³/mol. The lowest BCUT2D eigenvalue weighted by molar-refractivity contribution is -0.115. The zero-order valence-electron chi connectivity index (χ0n) is 14.8. The van der Waals surface area contributed by atoms with E-state index in [1.165, 1.54) is 6.07 Å². The Kier molecular flexibility index (Phi) is 6.21. The molecule has 0 unspecified atom stereocenters. The molecule has 0 aliphatic heterocycles. The molecule has 2 aromatic rings. The van der Waals surface area contributed by atoms with E-state index in [0.29, 0.717) is 5.03 Å². The van der Waals surface area contributed by atoms with Gasteiger partial charge in [-0.05, 0) is 30.5 Å². The summed E-state index contributed by atoms with van der Waals surface area (Å²) in [5.74, 6) is 0.128. The van der Waals surface area contributed by atoms with Gasteiger partial charge in [-0.25, -0.2) is 4.98 Å². The molecular weight excluding hydrogens is 346 g/mol. The molecule has 0 aliphatic carbocycles. The molecule has 3 N–H and O–H groups in total. The number of nitrogen functional groups attached to an aromatic ring is 1. The van der Waals surface area contributed by atoms with E-state index in [0.717, 1.165) is 23.0 Å². The molecule has 0 bridgehead atoms. The lowest BCUT2D eigenvalue weighted by atomic mass is 10.0. The molecule has 0 radical (unpaired) electrons. The number of anilines is 2. The zero-order valence-corrected chi connectivity index (χ0v) is 15.6. The number of nitrogens with one attached hydrogen (secondary N) is 1. The number of nitrogens with two attached hydrogens (primary N) is 1. The van der Waals surface area contributed by atoms with Crippen molar-refractivity contribution in [3.05, 3.63) is 47.0 Å². The molecule has 0 saturated heterocycles. The van der Waals surface area contributed by atoms with Gasteiger partial charge in [0.2, 0.25) is 5.91 Å². The molecule has 2 rings (SSSR count). The molecule has 1 atom stereocenters. The highest BCUT2D eigenvalue weighted by atomic mass is 32.2. The molecule has 7 heteroatoms. The summed E-state index contributed by atoms with van der Waals surface area (Å²) in [6.45, 7) is 5.85. The summed E-state index contributed by atoms with van der Waals surface area (Å²) in [7, 11) is 0. The van der Waals surface area contributed by atoms with E-state index in [4.69, 9.17) is 11.0 Å². The Morgan fingerprint density at radius 1 is 1.19 bits per heavy atom. The fourth-order valence-corrected chi connectivity index (χ4v) is 3.22. The molecule has 0 saturated carbocycles. The minimum Gasteiger partial charge on any atom is -0.383 e. The fourth-order valence-electron chi connectivity index (χ4n) is 2.34. The van der Waals surface area contributed by atoms with Crippen LogP contribution in [-0.2, 0) is 4.79 Å². The van der Waals surface area contributed by atoms with Gasteiger partial charge in [-0.1, -0.05) is 43.8 Å². The third-order valence-electron chi connectivity index (χ3n) is 3.76. The third kappa shape index (κ3) is 4.33. The summed E-state index contributed by atoms with van der Waals surface area (Å²) < 4.78 is 0. The minimum atomic E-state index is -0.498. The summed E-state index contributed by atoms with van der Waals surface area (Å²) in [6.07, 6.45) is 0. The Bertz CT molecular complexity index is 911. The third-order valence-corrected chi connectivity index (χ3v) is 4.86. The topological polar surface area (TPSA) is 116 Å². The highest BCUT2D eigenvalue weighted by Gasteiger charge is 2.20. The number of nitriles is 2. The number of pyridine rings is 1. The number of hydrogen-bond donors (Lipinski definition) is 2. The number of carbonyl (C=O) groups excluding carboxylic acids is 1. The lowest BCUT2D eigenvalue weighted by Gasteiger charge is -2.16. The standard InChI is InChI=1S/C19H19N5OS/c1-11(2)15-6-4-5-7-16(15)23-18(25)12(3)26-19-14(10-21)8-13(9-20)17(22)24-19/h4-8,11-12H,1-3H3,(H2,22,24)(H,23,25)/t12-/m1/s1. The van der Waals surface area contributed by atoms with E-state index >= 15 is 0 Å². The highest BCUT2D eigenvalue weighted by Crippen LogP contribution is 2.29. The summed E-state index contributed by atoms with van der Waals surface area (Å²) in [6, 6.07) is 12.9. The number of nitrogens with zero attached hydrogens (tertiary/aromatic N) is 3. The number of benzene rings is 1. The van der Waals surface area contributed by atoms with Crippen molar-refractivity contribution in [2.45, 2.75) is 37.0 Å². The summed E-state index contributed by atoms with van der Waals surface area (Å²) in [4.78, 5) is 16.7. The Morgan fingerprint density at radius 2 is 1.85 bits per heavy atom. The van der Waals surface area contributed by atoms with Gasteiger partial charge in [0.05, 0.1) is 16.4 Å². The molecule has 1 aromatic carbocycles. The van der Waals surface area contributed by atoms with E-state index in [9.17, 15) is 10.1 Å². The van der Waals surface area contributed by atoms with Crippen LogP contribution in [0.25, 0.3) is 0 Å². The second-order valence-electron chi connectivity index (χ2n) is 5.99. The Hall–Kier alpha value is -3.03. The molecule has 132 valence electrons.